The van der Waals surface area contributed by atoms with Crippen LogP contribution < -0.4 is 25.2 Å². The number of hydrogen-bond acceptors (Lipinski definition) is 7. The number of carbonyl (C=O) groups is 1. The largest absolute Gasteiger partial charge is 0.492 e. The Hall–Kier alpha value is -3.07. The van der Waals surface area contributed by atoms with Gasteiger partial charge in [0.15, 0.2) is 5.82 Å². The number of ether oxygens (including phenoxy) is 2. The van der Waals surface area contributed by atoms with E-state index in [1.54, 1.807) is 6.20 Å². The van der Waals surface area contributed by atoms with Gasteiger partial charge in [0.1, 0.15) is 5.75 Å². The molecule has 0 radical (unpaired) electrons. The van der Waals surface area contributed by atoms with Crippen molar-refractivity contribution in [3.05, 3.63) is 36.5 Å². The Morgan fingerprint density at radius 1 is 1.23 bits per heavy atom. The van der Waals surface area contributed by atoms with E-state index in [1.165, 1.54) is 0 Å². The molecule has 30 heavy (non-hydrogen) atoms. The van der Waals surface area contributed by atoms with Crippen LogP contribution in [0.5, 0.6) is 5.75 Å². The Bertz CT molecular complexity index is 858. The van der Waals surface area contributed by atoms with Crippen molar-refractivity contribution in [2.75, 3.05) is 61.1 Å². The highest BCUT2D eigenvalue weighted by molar-refractivity contribution is 5.91. The summed E-state index contributed by atoms with van der Waals surface area (Å²) in [5, 5.41) is 14.4. The van der Waals surface area contributed by atoms with Crippen molar-refractivity contribution in [1.29, 1.82) is 0 Å². The fraction of sp³-hybridized carbons (Fsp3) is 0.476. The number of aromatic nitrogens is 2. The Morgan fingerprint density at radius 2 is 2.07 bits per heavy atom. The molecule has 2 amide bonds. The number of rotatable bonds is 6. The van der Waals surface area contributed by atoms with Crippen molar-refractivity contribution in [2.24, 2.45) is 0 Å². The summed E-state index contributed by atoms with van der Waals surface area (Å²) in [6, 6.07) is 9.30. The first-order valence-corrected chi connectivity index (χ1v) is 10.4. The van der Waals surface area contributed by atoms with E-state index >= 15 is 0 Å². The number of anilines is 3. The predicted octanol–water partition coefficient (Wildman–Crippen LogP) is 2.11. The minimum atomic E-state index is -0.234. The summed E-state index contributed by atoms with van der Waals surface area (Å²) >= 11 is 0. The van der Waals surface area contributed by atoms with Gasteiger partial charge in [-0.2, -0.15) is 5.10 Å². The van der Waals surface area contributed by atoms with E-state index in [-0.39, 0.29) is 12.1 Å². The number of nitrogens with zero attached hydrogens (tertiary/aromatic N) is 4. The van der Waals surface area contributed by atoms with Crippen molar-refractivity contribution in [1.82, 2.24) is 15.5 Å². The molecule has 1 atom stereocenters. The van der Waals surface area contributed by atoms with Crippen LogP contribution in [0.2, 0.25) is 0 Å². The summed E-state index contributed by atoms with van der Waals surface area (Å²) in [4.78, 5) is 16.9. The van der Waals surface area contributed by atoms with Crippen LogP contribution in [0.15, 0.2) is 36.5 Å². The first-order valence-electron chi connectivity index (χ1n) is 10.4. The lowest BCUT2D eigenvalue weighted by molar-refractivity contribution is 0.122. The average molecular weight is 412 g/mol. The molecule has 160 valence electrons. The molecule has 1 aromatic carbocycles. The molecule has 2 aromatic rings. The zero-order valence-electron chi connectivity index (χ0n) is 17.2. The van der Waals surface area contributed by atoms with Crippen molar-refractivity contribution < 1.29 is 14.3 Å². The van der Waals surface area contributed by atoms with E-state index in [0.717, 1.165) is 50.8 Å². The fourth-order valence-electron chi connectivity index (χ4n) is 3.78. The zero-order chi connectivity index (χ0) is 20.8. The maximum absolute atomic E-state index is 12.5. The second kappa shape index (κ2) is 9.62. The van der Waals surface area contributed by atoms with Crippen LogP contribution >= 0.6 is 0 Å². The summed E-state index contributed by atoms with van der Waals surface area (Å²) in [7, 11) is 0. The summed E-state index contributed by atoms with van der Waals surface area (Å²) in [5.41, 5.74) is 1.72. The van der Waals surface area contributed by atoms with Crippen molar-refractivity contribution in [3.8, 4) is 5.75 Å². The third-order valence-corrected chi connectivity index (χ3v) is 5.29. The summed E-state index contributed by atoms with van der Waals surface area (Å²) in [6.07, 6.45) is 2.65. The van der Waals surface area contributed by atoms with E-state index in [9.17, 15) is 4.79 Å². The number of amides is 2. The quantitative estimate of drug-likeness (QED) is 0.751. The normalized spacial score (nSPS) is 18.9. The highest BCUT2D eigenvalue weighted by Crippen LogP contribution is 2.25. The zero-order valence-corrected chi connectivity index (χ0v) is 17.2. The molecule has 2 fully saturated rings. The minimum Gasteiger partial charge on any atom is -0.492 e. The van der Waals surface area contributed by atoms with Crippen LogP contribution in [0, 0.1) is 0 Å². The highest BCUT2D eigenvalue weighted by Gasteiger charge is 2.26. The van der Waals surface area contributed by atoms with Crippen LogP contribution in [0.4, 0.5) is 22.0 Å². The van der Waals surface area contributed by atoms with Gasteiger partial charge < -0.3 is 29.9 Å². The first kappa shape index (κ1) is 20.2. The molecule has 0 bridgehead atoms. The van der Waals surface area contributed by atoms with Gasteiger partial charge in [-0.05, 0) is 25.5 Å². The second-order valence-electron chi connectivity index (χ2n) is 7.33. The lowest BCUT2D eigenvalue weighted by Gasteiger charge is -2.29. The topological polar surface area (TPSA) is 91.9 Å². The van der Waals surface area contributed by atoms with E-state index in [4.69, 9.17) is 9.47 Å². The average Bonchev–Trinajstić information content (AvgIpc) is 3.24. The van der Waals surface area contributed by atoms with E-state index < -0.39 is 0 Å². The molecule has 0 aliphatic carbocycles. The minimum absolute atomic E-state index is 0.0399. The smallest absolute Gasteiger partial charge is 0.319 e. The molecule has 9 heteroatoms. The monoisotopic (exact) mass is 412 g/mol. The predicted molar refractivity (Wildman–Crippen MR) is 115 cm³/mol. The summed E-state index contributed by atoms with van der Waals surface area (Å²) in [5.74, 6) is 1.50. The Labute approximate surface area is 176 Å². The van der Waals surface area contributed by atoms with Gasteiger partial charge in [-0.25, -0.2) is 4.79 Å². The molecule has 2 aliphatic rings. The standard InChI is InChI=1S/C21H28N6O3/c1-2-30-19-6-4-3-5-18(19)24-21(28)23-16-7-8-27(15-16)20-13-17(14-22-25-20)26-9-11-29-12-10-26/h3-6,13-14,16H,2,7-12,15H2,1H3,(H2,23,24,28). The highest BCUT2D eigenvalue weighted by atomic mass is 16.5. The third-order valence-electron chi connectivity index (χ3n) is 5.29. The number of urea groups is 1. The van der Waals surface area contributed by atoms with E-state index in [2.05, 4.69) is 36.7 Å². The van der Waals surface area contributed by atoms with Crippen LogP contribution in [0.25, 0.3) is 0 Å². The van der Waals surface area contributed by atoms with Gasteiger partial charge in [0.05, 0.1) is 37.4 Å². The molecule has 9 nitrogen and oxygen atoms in total. The molecule has 4 rings (SSSR count). The molecule has 3 heterocycles. The molecular weight excluding hydrogens is 384 g/mol. The number of benzene rings is 1. The molecule has 2 saturated heterocycles. The Kier molecular flexibility index (Phi) is 6.48. The maximum atomic E-state index is 12.5. The van der Waals surface area contributed by atoms with Gasteiger partial charge in [0.25, 0.3) is 0 Å². The number of carbonyl (C=O) groups excluding carboxylic acids is 1. The van der Waals surface area contributed by atoms with Gasteiger partial charge in [0, 0.05) is 38.3 Å². The number of morpholine rings is 1. The lowest BCUT2D eigenvalue weighted by atomic mass is 10.2. The number of hydrogen-bond donors (Lipinski definition) is 2. The molecular formula is C21H28N6O3. The van der Waals surface area contributed by atoms with Crippen molar-refractivity contribution >= 4 is 23.2 Å². The van der Waals surface area contributed by atoms with E-state index in [0.29, 0.717) is 24.6 Å². The van der Waals surface area contributed by atoms with Gasteiger partial charge in [0.2, 0.25) is 0 Å². The fourth-order valence-corrected chi connectivity index (χ4v) is 3.78. The molecule has 1 unspecified atom stereocenters. The third kappa shape index (κ3) is 4.91. The van der Waals surface area contributed by atoms with Crippen molar-refractivity contribution in [2.45, 2.75) is 19.4 Å². The maximum Gasteiger partial charge on any atom is 0.319 e. The van der Waals surface area contributed by atoms with Gasteiger partial charge in [-0.3, -0.25) is 0 Å². The SMILES string of the molecule is CCOc1ccccc1NC(=O)NC1CCN(c2cc(N3CCOCC3)cnn2)C1. The van der Waals surface area contributed by atoms with Gasteiger partial charge >= 0.3 is 6.03 Å². The van der Waals surface area contributed by atoms with E-state index in [1.807, 2.05) is 31.2 Å². The van der Waals surface area contributed by atoms with Gasteiger partial charge in [-0.15, -0.1) is 5.10 Å². The number of nitrogens with one attached hydrogen (secondary N) is 2. The first-order chi connectivity index (χ1) is 14.7. The van der Waals surface area contributed by atoms with Crippen molar-refractivity contribution in [3.63, 3.8) is 0 Å². The van der Waals surface area contributed by atoms with Crippen LogP contribution in [-0.2, 0) is 4.74 Å². The molecule has 1 aromatic heterocycles. The molecule has 2 N–H and O–H groups in total. The second-order valence-corrected chi connectivity index (χ2v) is 7.33. The van der Waals surface area contributed by atoms with Crippen LogP contribution in [0.1, 0.15) is 13.3 Å². The lowest BCUT2D eigenvalue weighted by Crippen LogP contribution is -2.40. The number of para-hydroxylation sites is 2. The summed E-state index contributed by atoms with van der Waals surface area (Å²) < 4.78 is 11.0. The van der Waals surface area contributed by atoms with Gasteiger partial charge in [-0.1, -0.05) is 12.1 Å². The molecule has 0 saturated carbocycles. The Balaban J connectivity index is 1.33. The Morgan fingerprint density at radius 3 is 2.90 bits per heavy atom. The molecule has 2 aliphatic heterocycles. The van der Waals surface area contributed by atoms with Crippen LogP contribution in [0.3, 0.4) is 0 Å². The molecule has 0 spiro atoms. The van der Waals surface area contributed by atoms with Crippen LogP contribution in [-0.4, -0.2) is 68.3 Å². The summed E-state index contributed by atoms with van der Waals surface area (Å²) in [6.45, 7) is 7.16.